The summed E-state index contributed by atoms with van der Waals surface area (Å²) in [6.45, 7) is 6.58. The Hall–Kier alpha value is -1.88. The molecule has 3 N–H and O–H groups in total. The van der Waals surface area contributed by atoms with Crippen LogP contribution in [0.4, 0.5) is 0 Å². The average molecular weight is 260 g/mol. The third-order valence-electron chi connectivity index (χ3n) is 3.26. The highest BCUT2D eigenvalue weighted by molar-refractivity contribution is 6.00. The van der Waals surface area contributed by atoms with Gasteiger partial charge in [0.1, 0.15) is 0 Å². The highest BCUT2D eigenvalue weighted by Gasteiger charge is 2.26. The maximum atomic E-state index is 12.3. The molecule has 0 fully saturated rings. The van der Waals surface area contributed by atoms with Crippen molar-refractivity contribution in [3.63, 3.8) is 0 Å². The number of aromatic nitrogens is 2. The molecule has 0 bridgehead atoms. The first-order valence-corrected chi connectivity index (χ1v) is 6.37. The molecule has 2 aromatic rings. The molecule has 0 aromatic carbocycles. The van der Waals surface area contributed by atoms with E-state index >= 15 is 0 Å². The van der Waals surface area contributed by atoms with E-state index < -0.39 is 0 Å². The minimum atomic E-state index is -0.133. The number of pyridine rings is 1. The number of nitrogens with zero attached hydrogens (tertiary/aromatic N) is 2. The molecule has 5 nitrogen and oxygen atoms in total. The summed E-state index contributed by atoms with van der Waals surface area (Å²) in [6, 6.07) is 5.56. The Balaban J connectivity index is 2.25. The second-order valence-electron chi connectivity index (χ2n) is 5.72. The molecule has 1 atom stereocenters. The summed E-state index contributed by atoms with van der Waals surface area (Å²) < 4.78 is 1.68. The maximum Gasteiger partial charge on any atom is 0.255 e. The molecule has 1 amide bonds. The molecule has 0 radical (unpaired) electrons. The lowest BCUT2D eigenvalue weighted by molar-refractivity contribution is 0.0907. The second-order valence-corrected chi connectivity index (χ2v) is 5.72. The smallest absolute Gasteiger partial charge is 0.255 e. The van der Waals surface area contributed by atoms with Crippen LogP contribution < -0.4 is 11.1 Å². The van der Waals surface area contributed by atoms with Crippen molar-refractivity contribution in [3.8, 4) is 0 Å². The van der Waals surface area contributed by atoms with Crippen LogP contribution in [0.2, 0.25) is 0 Å². The van der Waals surface area contributed by atoms with Gasteiger partial charge in [-0.25, -0.2) is 4.52 Å². The van der Waals surface area contributed by atoms with Crippen molar-refractivity contribution in [1.82, 2.24) is 14.9 Å². The molecule has 0 spiro atoms. The normalized spacial score (nSPS) is 13.5. The number of nitrogens with two attached hydrogens (primary N) is 1. The third kappa shape index (κ3) is 2.76. The van der Waals surface area contributed by atoms with E-state index in [0.717, 1.165) is 5.52 Å². The van der Waals surface area contributed by atoms with Crippen LogP contribution in [0.25, 0.3) is 5.52 Å². The van der Waals surface area contributed by atoms with Crippen LogP contribution in [0, 0.1) is 5.41 Å². The van der Waals surface area contributed by atoms with Gasteiger partial charge in [0.05, 0.1) is 17.3 Å². The lowest BCUT2D eigenvalue weighted by atomic mass is 9.86. The molecule has 19 heavy (non-hydrogen) atoms. The first kappa shape index (κ1) is 13.5. The lowest BCUT2D eigenvalue weighted by Crippen LogP contribution is -2.48. The maximum absolute atomic E-state index is 12.3. The molecule has 2 rings (SSSR count). The zero-order valence-electron chi connectivity index (χ0n) is 11.6. The summed E-state index contributed by atoms with van der Waals surface area (Å²) in [5.74, 6) is -0.133. The van der Waals surface area contributed by atoms with E-state index in [2.05, 4.69) is 31.2 Å². The van der Waals surface area contributed by atoms with Gasteiger partial charge < -0.3 is 11.1 Å². The topological polar surface area (TPSA) is 72.4 Å². The van der Waals surface area contributed by atoms with Crippen LogP contribution in [0.1, 0.15) is 31.1 Å². The number of amides is 1. The quantitative estimate of drug-likeness (QED) is 0.877. The fourth-order valence-corrected chi connectivity index (χ4v) is 1.97. The third-order valence-corrected chi connectivity index (χ3v) is 3.26. The molecular weight excluding hydrogens is 240 g/mol. The summed E-state index contributed by atoms with van der Waals surface area (Å²) in [5, 5.41) is 7.14. The highest BCUT2D eigenvalue weighted by Crippen LogP contribution is 2.19. The van der Waals surface area contributed by atoms with Crippen molar-refractivity contribution in [2.24, 2.45) is 11.1 Å². The van der Waals surface area contributed by atoms with Crippen molar-refractivity contribution < 1.29 is 4.79 Å². The predicted molar refractivity (Wildman–Crippen MR) is 75.0 cm³/mol. The second kappa shape index (κ2) is 5.01. The Morgan fingerprint density at radius 3 is 2.84 bits per heavy atom. The number of carbonyl (C=O) groups excluding carboxylic acids is 1. The van der Waals surface area contributed by atoms with Crippen LogP contribution >= 0.6 is 0 Å². The molecule has 2 aromatic heterocycles. The van der Waals surface area contributed by atoms with Crippen molar-refractivity contribution in [1.29, 1.82) is 0 Å². The number of rotatable bonds is 3. The molecule has 0 aliphatic heterocycles. The standard InChI is InChI=1S/C14H20N4O/c1-14(2,3)12(8-15)17-13(19)10-9-16-18-7-5-4-6-11(10)18/h4-7,9,12H,8,15H2,1-3H3,(H,17,19). The van der Waals surface area contributed by atoms with Gasteiger partial charge in [0.25, 0.3) is 5.91 Å². The zero-order valence-corrected chi connectivity index (χ0v) is 11.6. The van der Waals surface area contributed by atoms with Gasteiger partial charge in [-0.05, 0) is 17.5 Å². The number of hydrogen-bond acceptors (Lipinski definition) is 3. The van der Waals surface area contributed by atoms with E-state index in [0.29, 0.717) is 12.1 Å². The summed E-state index contributed by atoms with van der Waals surface area (Å²) in [6.07, 6.45) is 3.40. The molecule has 2 heterocycles. The van der Waals surface area contributed by atoms with Gasteiger partial charge in [-0.2, -0.15) is 5.10 Å². The van der Waals surface area contributed by atoms with Crippen LogP contribution in [0.5, 0.6) is 0 Å². The van der Waals surface area contributed by atoms with Crippen LogP contribution in [0.15, 0.2) is 30.6 Å². The zero-order chi connectivity index (χ0) is 14.0. The van der Waals surface area contributed by atoms with E-state index in [1.807, 2.05) is 24.4 Å². The molecule has 0 aliphatic rings. The van der Waals surface area contributed by atoms with E-state index in [9.17, 15) is 4.79 Å². The summed E-state index contributed by atoms with van der Waals surface area (Å²) in [4.78, 5) is 12.3. The Labute approximate surface area is 112 Å². The summed E-state index contributed by atoms with van der Waals surface area (Å²) in [7, 11) is 0. The molecule has 1 unspecified atom stereocenters. The number of hydrogen-bond donors (Lipinski definition) is 2. The number of nitrogens with one attached hydrogen (secondary N) is 1. The minimum absolute atomic E-state index is 0.0707. The monoisotopic (exact) mass is 260 g/mol. The Bertz CT molecular complexity index is 582. The van der Waals surface area contributed by atoms with Crippen molar-refractivity contribution in [2.75, 3.05) is 6.54 Å². The predicted octanol–water partition coefficient (Wildman–Crippen LogP) is 1.44. The van der Waals surface area contributed by atoms with E-state index in [-0.39, 0.29) is 17.4 Å². The lowest BCUT2D eigenvalue weighted by Gasteiger charge is -2.30. The van der Waals surface area contributed by atoms with Gasteiger partial charge in [0.15, 0.2) is 0 Å². The minimum Gasteiger partial charge on any atom is -0.347 e. The fourth-order valence-electron chi connectivity index (χ4n) is 1.97. The van der Waals surface area contributed by atoms with Crippen LogP contribution in [0.3, 0.4) is 0 Å². The number of carbonyl (C=O) groups is 1. The first-order chi connectivity index (χ1) is 8.93. The van der Waals surface area contributed by atoms with Crippen molar-refractivity contribution in [3.05, 3.63) is 36.2 Å². The van der Waals surface area contributed by atoms with Crippen LogP contribution in [-0.4, -0.2) is 28.1 Å². The number of fused-ring (bicyclic) bond motifs is 1. The molecule has 0 aliphatic carbocycles. The Kier molecular flexibility index (Phi) is 3.57. The van der Waals surface area contributed by atoms with E-state index in [4.69, 9.17) is 5.73 Å². The molecule has 102 valence electrons. The molecule has 0 saturated heterocycles. The van der Waals surface area contributed by atoms with Gasteiger partial charge in [-0.1, -0.05) is 26.8 Å². The van der Waals surface area contributed by atoms with Crippen LogP contribution in [-0.2, 0) is 0 Å². The Morgan fingerprint density at radius 2 is 2.21 bits per heavy atom. The Morgan fingerprint density at radius 1 is 1.47 bits per heavy atom. The first-order valence-electron chi connectivity index (χ1n) is 6.37. The van der Waals surface area contributed by atoms with Gasteiger partial charge in [-0.3, -0.25) is 4.79 Å². The van der Waals surface area contributed by atoms with Gasteiger partial charge in [-0.15, -0.1) is 0 Å². The largest absolute Gasteiger partial charge is 0.347 e. The molecule has 0 saturated carbocycles. The molecular formula is C14H20N4O. The van der Waals surface area contributed by atoms with Gasteiger partial charge >= 0.3 is 0 Å². The van der Waals surface area contributed by atoms with Crippen molar-refractivity contribution >= 4 is 11.4 Å². The van der Waals surface area contributed by atoms with E-state index in [1.54, 1.807) is 10.7 Å². The average Bonchev–Trinajstić information content (AvgIpc) is 2.78. The SMILES string of the molecule is CC(C)(C)C(CN)NC(=O)c1cnn2ccccc12. The van der Waals surface area contributed by atoms with Gasteiger partial charge in [0.2, 0.25) is 0 Å². The van der Waals surface area contributed by atoms with Crippen molar-refractivity contribution in [2.45, 2.75) is 26.8 Å². The van der Waals surface area contributed by atoms with E-state index in [1.165, 1.54) is 0 Å². The summed E-state index contributed by atoms with van der Waals surface area (Å²) in [5.41, 5.74) is 7.03. The fraction of sp³-hybridized carbons (Fsp3) is 0.429. The highest BCUT2D eigenvalue weighted by atomic mass is 16.1. The molecule has 5 heteroatoms. The van der Waals surface area contributed by atoms with Gasteiger partial charge in [0, 0.05) is 18.8 Å². The summed E-state index contributed by atoms with van der Waals surface area (Å²) >= 11 is 0.